The van der Waals surface area contributed by atoms with Gasteiger partial charge in [-0.2, -0.15) is 0 Å². The van der Waals surface area contributed by atoms with Crippen molar-refractivity contribution in [2.75, 3.05) is 6.54 Å². The summed E-state index contributed by atoms with van der Waals surface area (Å²) < 4.78 is 0. The minimum Gasteiger partial charge on any atom is -0.480 e. The van der Waals surface area contributed by atoms with E-state index in [0.717, 1.165) is 19.4 Å². The van der Waals surface area contributed by atoms with Gasteiger partial charge in [-0.3, -0.25) is 4.79 Å². The number of carbonyl (C=O) groups is 1. The second-order valence-electron chi connectivity index (χ2n) is 1.99. The molecule has 6 heteroatoms. The quantitative estimate of drug-likeness (QED) is 0.652. The maximum atomic E-state index is 10.1. The number of hydrogen-bond donors (Lipinski definition) is 2. The number of carboxylic acids is 1. The molecule has 0 aromatic heterocycles. The van der Waals surface area contributed by atoms with Gasteiger partial charge in [0.05, 0.1) is 0 Å². The van der Waals surface area contributed by atoms with Gasteiger partial charge in [0.15, 0.2) is 0 Å². The first kappa shape index (κ1) is 18.0. The van der Waals surface area contributed by atoms with E-state index in [0.29, 0.717) is 0 Å². The van der Waals surface area contributed by atoms with E-state index < -0.39 is 5.97 Å². The van der Waals surface area contributed by atoms with Crippen molar-refractivity contribution in [3.8, 4) is 0 Å². The van der Waals surface area contributed by atoms with E-state index in [-0.39, 0.29) is 62.0 Å². The molecular weight excluding hydrogens is 260 g/mol. The third-order valence-corrected chi connectivity index (χ3v) is 1.36. The minimum atomic E-state index is -0.720. The van der Waals surface area contributed by atoms with Gasteiger partial charge in [-0.15, -0.1) is 12.4 Å². The van der Waals surface area contributed by atoms with Crippen LogP contribution in [0.3, 0.4) is 0 Å². The van der Waals surface area contributed by atoms with Crippen LogP contribution in [0.1, 0.15) is 12.8 Å². The standard InChI is InChI=1S/C5H9NO2.Al.ClH.Zr/c7-5(8)4-2-1-3-6-4;;;/h4,6H,1-3H2,(H,7,8);;1H;/q;+3;;+2. The first-order valence-corrected chi connectivity index (χ1v) is 2.77. The molecule has 0 bridgehead atoms. The predicted octanol–water partition coefficient (Wildman–Crippen LogP) is -0.139. The zero-order chi connectivity index (χ0) is 5.98. The summed E-state index contributed by atoms with van der Waals surface area (Å²) in [6, 6.07) is -0.269. The largest absolute Gasteiger partial charge is 3.00 e. The first-order valence-electron chi connectivity index (χ1n) is 2.77. The molecule has 0 aromatic carbocycles. The normalized spacial score (nSPS) is 20.5. The monoisotopic (exact) mass is 268 g/mol. The van der Waals surface area contributed by atoms with E-state index in [1.807, 2.05) is 0 Å². The van der Waals surface area contributed by atoms with Crippen LogP contribution in [0.25, 0.3) is 0 Å². The summed E-state index contributed by atoms with van der Waals surface area (Å²) in [5.41, 5.74) is 0. The minimum absolute atomic E-state index is 0. The molecule has 3 nitrogen and oxygen atoms in total. The molecule has 1 unspecified atom stereocenters. The summed E-state index contributed by atoms with van der Waals surface area (Å²) in [6.07, 6.45) is 1.78. The Morgan fingerprint density at radius 1 is 1.55 bits per heavy atom. The molecule has 56 valence electrons. The molecule has 1 fully saturated rings. The summed E-state index contributed by atoms with van der Waals surface area (Å²) in [7, 11) is 0. The van der Waals surface area contributed by atoms with Gasteiger partial charge in [0.2, 0.25) is 0 Å². The van der Waals surface area contributed by atoms with Crippen LogP contribution in [0.5, 0.6) is 0 Å². The van der Waals surface area contributed by atoms with Gasteiger partial charge in [-0.05, 0) is 19.4 Å². The fourth-order valence-electron chi connectivity index (χ4n) is 0.895. The van der Waals surface area contributed by atoms with E-state index in [2.05, 4.69) is 5.32 Å². The molecule has 0 saturated carbocycles. The fraction of sp³-hybridized carbons (Fsp3) is 0.800. The molecule has 1 atom stereocenters. The van der Waals surface area contributed by atoms with E-state index in [9.17, 15) is 4.79 Å². The molecule has 1 saturated heterocycles. The zero-order valence-electron chi connectivity index (χ0n) is 6.04. The summed E-state index contributed by atoms with van der Waals surface area (Å²) in [4.78, 5) is 10.1. The number of rotatable bonds is 1. The number of carboxylic acid groups (broad SMARTS) is 1. The second kappa shape index (κ2) is 9.23. The molecule has 1 aliphatic rings. The van der Waals surface area contributed by atoms with Crippen LogP contribution < -0.4 is 5.32 Å². The van der Waals surface area contributed by atoms with Crippen molar-refractivity contribution in [1.29, 1.82) is 0 Å². The molecule has 1 aliphatic heterocycles. The molecule has 11 heavy (non-hydrogen) atoms. The third kappa shape index (κ3) is 6.31. The van der Waals surface area contributed by atoms with Gasteiger partial charge >= 0.3 is 49.5 Å². The second-order valence-corrected chi connectivity index (χ2v) is 1.99. The number of halogens is 1. The summed E-state index contributed by atoms with van der Waals surface area (Å²) in [5, 5.41) is 11.2. The van der Waals surface area contributed by atoms with E-state index in [4.69, 9.17) is 5.11 Å². The van der Waals surface area contributed by atoms with Crippen molar-refractivity contribution in [2.45, 2.75) is 18.9 Å². The SMILES string of the molecule is Cl.O=C(O)C1CCCN1.[Al+3].[Zr+2]. The van der Waals surface area contributed by atoms with Crippen molar-refractivity contribution in [3.63, 3.8) is 0 Å². The zero-order valence-corrected chi connectivity index (χ0v) is 10.5. The smallest absolute Gasteiger partial charge is 0.480 e. The Labute approximate surface area is 102 Å². The van der Waals surface area contributed by atoms with E-state index in [1.54, 1.807) is 0 Å². The summed E-state index contributed by atoms with van der Waals surface area (Å²) in [5.74, 6) is -0.720. The molecular formula is C5H10AlClNO2Zr+5. The summed E-state index contributed by atoms with van der Waals surface area (Å²) in [6.45, 7) is 0.858. The predicted molar refractivity (Wildman–Crippen MR) is 41.7 cm³/mol. The molecule has 0 amide bonds. The molecule has 0 radical (unpaired) electrons. The van der Waals surface area contributed by atoms with E-state index in [1.165, 1.54) is 0 Å². The van der Waals surface area contributed by atoms with Gasteiger partial charge in [-0.1, -0.05) is 0 Å². The van der Waals surface area contributed by atoms with Gasteiger partial charge in [0.25, 0.3) is 0 Å². The van der Waals surface area contributed by atoms with Gasteiger partial charge < -0.3 is 10.4 Å². The number of nitrogens with one attached hydrogen (secondary N) is 1. The average Bonchev–Trinajstić information content (AvgIpc) is 2.12. The van der Waals surface area contributed by atoms with Crippen LogP contribution in [0.15, 0.2) is 0 Å². The number of aliphatic carboxylic acids is 1. The van der Waals surface area contributed by atoms with Crippen molar-refractivity contribution in [3.05, 3.63) is 0 Å². The van der Waals surface area contributed by atoms with Gasteiger partial charge in [0, 0.05) is 0 Å². The molecule has 0 aromatic rings. The molecule has 1 rings (SSSR count). The van der Waals surface area contributed by atoms with Crippen LogP contribution in [0.4, 0.5) is 0 Å². The first-order chi connectivity index (χ1) is 3.80. The Hall–Kier alpha value is 1.14. The average molecular weight is 270 g/mol. The van der Waals surface area contributed by atoms with Crippen LogP contribution >= 0.6 is 12.4 Å². The Morgan fingerprint density at radius 2 is 2.09 bits per heavy atom. The van der Waals surface area contributed by atoms with Gasteiger partial charge in [0.1, 0.15) is 6.04 Å². The maximum absolute atomic E-state index is 10.1. The topological polar surface area (TPSA) is 49.3 Å². The Balaban J connectivity index is -0.000000213. The Kier molecular flexibility index (Phi) is 15.1. The molecule has 0 spiro atoms. The molecule has 1 heterocycles. The van der Waals surface area contributed by atoms with Crippen LogP contribution in [-0.4, -0.2) is 41.0 Å². The summed E-state index contributed by atoms with van der Waals surface area (Å²) >= 11 is 0. The third-order valence-electron chi connectivity index (χ3n) is 1.36. The van der Waals surface area contributed by atoms with Crippen molar-refractivity contribution < 1.29 is 36.1 Å². The maximum Gasteiger partial charge on any atom is 3.00 e. The van der Waals surface area contributed by atoms with Crippen LogP contribution in [0, 0.1) is 0 Å². The Bertz CT molecular complexity index is 111. The van der Waals surface area contributed by atoms with Crippen molar-refractivity contribution in [2.24, 2.45) is 0 Å². The molecule has 0 aliphatic carbocycles. The Morgan fingerprint density at radius 3 is 2.27 bits per heavy atom. The van der Waals surface area contributed by atoms with E-state index >= 15 is 0 Å². The molecule has 2 N–H and O–H groups in total. The fourth-order valence-corrected chi connectivity index (χ4v) is 0.895. The number of hydrogen-bond acceptors (Lipinski definition) is 2. The van der Waals surface area contributed by atoms with Crippen LogP contribution in [-0.2, 0) is 31.0 Å². The van der Waals surface area contributed by atoms with Gasteiger partial charge in [-0.25, -0.2) is 0 Å². The van der Waals surface area contributed by atoms with Crippen molar-refractivity contribution in [1.82, 2.24) is 5.32 Å². The van der Waals surface area contributed by atoms with Crippen molar-refractivity contribution >= 4 is 35.7 Å². The van der Waals surface area contributed by atoms with Crippen LogP contribution in [0.2, 0.25) is 0 Å².